The summed E-state index contributed by atoms with van der Waals surface area (Å²) in [6.45, 7) is 2.07. The van der Waals surface area contributed by atoms with E-state index in [2.05, 4.69) is 25.1 Å². The molecule has 0 amide bonds. The Balaban J connectivity index is 2.00. The Morgan fingerprint density at radius 3 is 2.80 bits per heavy atom. The van der Waals surface area contributed by atoms with Crippen molar-refractivity contribution in [3.8, 4) is 0 Å². The Morgan fingerprint density at radius 1 is 1.47 bits per heavy atom. The van der Waals surface area contributed by atoms with Gasteiger partial charge in [-0.25, -0.2) is 0 Å². The van der Waals surface area contributed by atoms with E-state index in [9.17, 15) is 4.79 Å². The highest BCUT2D eigenvalue weighted by molar-refractivity contribution is 5.71. The van der Waals surface area contributed by atoms with Gasteiger partial charge in [0, 0.05) is 0 Å². The predicted octanol–water partition coefficient (Wildman–Crippen LogP) is 2.65. The van der Waals surface area contributed by atoms with E-state index < -0.39 is 5.97 Å². The molecule has 0 aromatic heterocycles. The zero-order valence-corrected chi connectivity index (χ0v) is 8.94. The number of rotatable bonds is 3. The van der Waals surface area contributed by atoms with Crippen LogP contribution in [0, 0.1) is 18.8 Å². The van der Waals surface area contributed by atoms with E-state index in [1.165, 1.54) is 11.1 Å². The van der Waals surface area contributed by atoms with Crippen LogP contribution in [-0.4, -0.2) is 11.1 Å². The summed E-state index contributed by atoms with van der Waals surface area (Å²) in [5.41, 5.74) is 2.52. The van der Waals surface area contributed by atoms with Gasteiger partial charge in [0.15, 0.2) is 0 Å². The van der Waals surface area contributed by atoms with Gasteiger partial charge in [-0.2, -0.15) is 0 Å². The molecule has 0 spiro atoms. The van der Waals surface area contributed by atoms with E-state index in [1.54, 1.807) is 0 Å². The molecule has 80 valence electrons. The summed E-state index contributed by atoms with van der Waals surface area (Å²) in [4.78, 5) is 10.8. The highest BCUT2D eigenvalue weighted by Crippen LogP contribution is 2.36. The van der Waals surface area contributed by atoms with Crippen LogP contribution in [0.2, 0.25) is 0 Å². The molecule has 1 aromatic rings. The molecule has 1 saturated carbocycles. The second-order valence-corrected chi connectivity index (χ2v) is 4.48. The number of carbonyl (C=O) groups is 1. The Hall–Kier alpha value is -1.31. The number of aliphatic carboxylic acids is 1. The molecule has 15 heavy (non-hydrogen) atoms. The minimum absolute atomic E-state index is 0.106. The Bertz CT molecular complexity index is 371. The molecule has 0 aliphatic heterocycles. The van der Waals surface area contributed by atoms with Gasteiger partial charge in [-0.15, -0.1) is 0 Å². The quantitative estimate of drug-likeness (QED) is 0.821. The van der Waals surface area contributed by atoms with Gasteiger partial charge < -0.3 is 5.11 Å². The summed E-state index contributed by atoms with van der Waals surface area (Å²) in [6, 6.07) is 8.35. The first-order valence-corrected chi connectivity index (χ1v) is 5.45. The zero-order valence-electron chi connectivity index (χ0n) is 8.94. The van der Waals surface area contributed by atoms with Crippen molar-refractivity contribution in [3.05, 3.63) is 35.4 Å². The minimum atomic E-state index is -0.626. The topological polar surface area (TPSA) is 37.3 Å². The lowest BCUT2D eigenvalue weighted by molar-refractivity contribution is -0.147. The van der Waals surface area contributed by atoms with Gasteiger partial charge in [-0.05, 0) is 37.7 Å². The molecule has 2 atom stereocenters. The molecule has 0 radical (unpaired) electrons. The Labute approximate surface area is 89.9 Å². The van der Waals surface area contributed by atoms with Crippen LogP contribution in [0.25, 0.3) is 0 Å². The fourth-order valence-electron chi connectivity index (χ4n) is 2.28. The first-order valence-electron chi connectivity index (χ1n) is 5.45. The van der Waals surface area contributed by atoms with Gasteiger partial charge >= 0.3 is 5.97 Å². The van der Waals surface area contributed by atoms with Gasteiger partial charge in [0.2, 0.25) is 0 Å². The SMILES string of the molecule is Cc1cccc(CC2CCC2C(=O)O)c1. The van der Waals surface area contributed by atoms with Crippen LogP contribution in [0.15, 0.2) is 24.3 Å². The van der Waals surface area contributed by atoms with E-state index in [0.717, 1.165) is 19.3 Å². The van der Waals surface area contributed by atoms with Crippen LogP contribution < -0.4 is 0 Å². The van der Waals surface area contributed by atoms with Gasteiger partial charge in [0.1, 0.15) is 0 Å². The van der Waals surface area contributed by atoms with Crippen LogP contribution in [0.3, 0.4) is 0 Å². The van der Waals surface area contributed by atoms with Crippen molar-refractivity contribution >= 4 is 5.97 Å². The average molecular weight is 204 g/mol. The van der Waals surface area contributed by atoms with E-state index in [1.807, 2.05) is 6.07 Å². The maximum Gasteiger partial charge on any atom is 0.306 e. The summed E-state index contributed by atoms with van der Waals surface area (Å²) >= 11 is 0. The van der Waals surface area contributed by atoms with Crippen molar-refractivity contribution in [2.45, 2.75) is 26.2 Å². The van der Waals surface area contributed by atoms with Gasteiger partial charge in [0.25, 0.3) is 0 Å². The molecule has 0 saturated heterocycles. The largest absolute Gasteiger partial charge is 0.481 e. The molecule has 1 N–H and O–H groups in total. The lowest BCUT2D eigenvalue weighted by atomic mass is 9.71. The van der Waals surface area contributed by atoms with E-state index in [-0.39, 0.29) is 5.92 Å². The molecule has 1 aliphatic carbocycles. The number of carboxylic acids is 1. The molecule has 2 rings (SSSR count). The first kappa shape index (κ1) is 10.2. The van der Waals surface area contributed by atoms with Crippen molar-refractivity contribution < 1.29 is 9.90 Å². The van der Waals surface area contributed by atoms with Crippen molar-refractivity contribution in [1.82, 2.24) is 0 Å². The molecular formula is C13H16O2. The molecule has 0 heterocycles. The second kappa shape index (κ2) is 4.05. The fourth-order valence-corrected chi connectivity index (χ4v) is 2.28. The van der Waals surface area contributed by atoms with Crippen LogP contribution >= 0.6 is 0 Å². The summed E-state index contributed by atoms with van der Waals surface area (Å²) in [5.74, 6) is -0.381. The third kappa shape index (κ3) is 2.20. The normalized spacial score (nSPS) is 24.6. The molecule has 2 unspecified atom stereocenters. The number of benzene rings is 1. The van der Waals surface area contributed by atoms with Crippen molar-refractivity contribution in [1.29, 1.82) is 0 Å². The van der Waals surface area contributed by atoms with E-state index in [0.29, 0.717) is 5.92 Å². The van der Waals surface area contributed by atoms with Gasteiger partial charge in [-0.1, -0.05) is 29.8 Å². The number of carboxylic acid groups (broad SMARTS) is 1. The van der Waals surface area contributed by atoms with Crippen LogP contribution in [0.5, 0.6) is 0 Å². The summed E-state index contributed by atoms with van der Waals surface area (Å²) in [5, 5.41) is 8.94. The third-order valence-corrected chi connectivity index (χ3v) is 3.32. The number of aryl methyl sites for hydroxylation is 1. The Morgan fingerprint density at radius 2 is 2.27 bits per heavy atom. The molecule has 1 aliphatic rings. The smallest absolute Gasteiger partial charge is 0.306 e. The maximum atomic E-state index is 10.8. The lowest BCUT2D eigenvalue weighted by Gasteiger charge is -2.33. The standard InChI is InChI=1S/C13H16O2/c1-9-3-2-4-10(7-9)8-11-5-6-12(11)13(14)15/h2-4,7,11-12H,5-6,8H2,1H3,(H,14,15). The van der Waals surface area contributed by atoms with Crippen LogP contribution in [0.1, 0.15) is 24.0 Å². The highest BCUT2D eigenvalue weighted by Gasteiger charge is 2.36. The highest BCUT2D eigenvalue weighted by atomic mass is 16.4. The monoisotopic (exact) mass is 204 g/mol. The number of hydrogen-bond acceptors (Lipinski definition) is 1. The summed E-state index contributed by atoms with van der Waals surface area (Å²) in [7, 11) is 0. The fraction of sp³-hybridized carbons (Fsp3) is 0.462. The van der Waals surface area contributed by atoms with E-state index >= 15 is 0 Å². The molecular weight excluding hydrogens is 188 g/mol. The molecule has 2 nitrogen and oxygen atoms in total. The molecule has 1 aromatic carbocycles. The van der Waals surface area contributed by atoms with Gasteiger partial charge in [-0.3, -0.25) is 4.79 Å². The Kier molecular flexibility index (Phi) is 2.76. The van der Waals surface area contributed by atoms with E-state index in [4.69, 9.17) is 5.11 Å². The summed E-state index contributed by atoms with van der Waals surface area (Å²) in [6.07, 6.45) is 2.83. The zero-order chi connectivity index (χ0) is 10.8. The third-order valence-electron chi connectivity index (χ3n) is 3.32. The molecule has 0 bridgehead atoms. The minimum Gasteiger partial charge on any atom is -0.481 e. The average Bonchev–Trinajstić information content (AvgIpc) is 2.11. The maximum absolute atomic E-state index is 10.8. The van der Waals surface area contributed by atoms with Crippen molar-refractivity contribution in [2.75, 3.05) is 0 Å². The summed E-state index contributed by atoms with van der Waals surface area (Å²) < 4.78 is 0. The van der Waals surface area contributed by atoms with Crippen molar-refractivity contribution in [2.24, 2.45) is 11.8 Å². The number of hydrogen-bond donors (Lipinski definition) is 1. The van der Waals surface area contributed by atoms with Crippen molar-refractivity contribution in [3.63, 3.8) is 0 Å². The van der Waals surface area contributed by atoms with Gasteiger partial charge in [0.05, 0.1) is 5.92 Å². The first-order chi connectivity index (χ1) is 7.16. The lowest BCUT2D eigenvalue weighted by Crippen LogP contribution is -2.34. The van der Waals surface area contributed by atoms with Crippen LogP contribution in [-0.2, 0) is 11.2 Å². The molecule has 1 fully saturated rings. The predicted molar refractivity (Wildman–Crippen MR) is 58.7 cm³/mol. The van der Waals surface area contributed by atoms with Crippen LogP contribution in [0.4, 0.5) is 0 Å². The molecule has 2 heteroatoms. The second-order valence-electron chi connectivity index (χ2n) is 4.48.